The first-order valence-corrected chi connectivity index (χ1v) is 3.86. The Kier molecular flexibility index (Phi) is 2.12. The van der Waals surface area contributed by atoms with E-state index < -0.39 is 0 Å². The minimum atomic E-state index is 0.875. The standard InChI is InChI=1S/C8H17N/c1-7-4-5-8(6-7)9(2)3/h7-8H,4-6H2,1-3H3/t7-,8-/m0/s1. The third-order valence-corrected chi connectivity index (χ3v) is 2.40. The Morgan fingerprint density at radius 3 is 2.11 bits per heavy atom. The Bertz CT molecular complexity index is 88.6. The Balaban J connectivity index is 2.30. The quantitative estimate of drug-likeness (QED) is 0.518. The summed E-state index contributed by atoms with van der Waals surface area (Å²) in [5, 5.41) is 0. The Hall–Kier alpha value is -0.0400. The first kappa shape index (κ1) is 7.07. The zero-order chi connectivity index (χ0) is 6.85. The van der Waals surface area contributed by atoms with Gasteiger partial charge in [-0.25, -0.2) is 0 Å². The monoisotopic (exact) mass is 127 g/mol. The lowest BCUT2D eigenvalue weighted by Gasteiger charge is -2.17. The lowest BCUT2D eigenvalue weighted by Crippen LogP contribution is -2.24. The topological polar surface area (TPSA) is 3.24 Å². The molecule has 0 spiro atoms. The van der Waals surface area contributed by atoms with Crippen molar-refractivity contribution in [3.8, 4) is 0 Å². The highest BCUT2D eigenvalue weighted by molar-refractivity contribution is 4.77. The number of hydrogen-bond donors (Lipinski definition) is 0. The number of hydrogen-bond acceptors (Lipinski definition) is 1. The first-order chi connectivity index (χ1) is 4.20. The van der Waals surface area contributed by atoms with Crippen LogP contribution < -0.4 is 0 Å². The van der Waals surface area contributed by atoms with Gasteiger partial charge in [0.1, 0.15) is 0 Å². The van der Waals surface area contributed by atoms with Gasteiger partial charge < -0.3 is 4.90 Å². The van der Waals surface area contributed by atoms with E-state index in [1.165, 1.54) is 19.3 Å². The fourth-order valence-corrected chi connectivity index (χ4v) is 1.65. The number of nitrogens with zero attached hydrogens (tertiary/aromatic N) is 1. The lowest BCUT2D eigenvalue weighted by atomic mass is 10.1. The van der Waals surface area contributed by atoms with Crippen LogP contribution in [0.15, 0.2) is 0 Å². The van der Waals surface area contributed by atoms with Gasteiger partial charge in [0, 0.05) is 6.04 Å². The van der Waals surface area contributed by atoms with Gasteiger partial charge in [-0.15, -0.1) is 0 Å². The molecule has 0 saturated heterocycles. The maximum Gasteiger partial charge on any atom is 0.00918 e. The van der Waals surface area contributed by atoms with Crippen molar-refractivity contribution in [1.82, 2.24) is 4.90 Å². The van der Waals surface area contributed by atoms with Gasteiger partial charge in [0.15, 0.2) is 0 Å². The summed E-state index contributed by atoms with van der Waals surface area (Å²) in [7, 11) is 4.37. The Morgan fingerprint density at radius 1 is 1.22 bits per heavy atom. The van der Waals surface area contributed by atoms with Crippen LogP contribution in [0.1, 0.15) is 26.2 Å². The normalized spacial score (nSPS) is 36.0. The molecule has 1 heteroatoms. The molecular weight excluding hydrogens is 110 g/mol. The molecule has 0 amide bonds. The molecular formula is C8H17N. The van der Waals surface area contributed by atoms with Crippen molar-refractivity contribution >= 4 is 0 Å². The second-order valence-corrected chi connectivity index (χ2v) is 3.54. The van der Waals surface area contributed by atoms with E-state index in [9.17, 15) is 0 Å². The maximum absolute atomic E-state index is 2.35. The molecule has 1 saturated carbocycles. The molecule has 9 heavy (non-hydrogen) atoms. The molecule has 0 unspecified atom stereocenters. The van der Waals surface area contributed by atoms with Gasteiger partial charge in [-0.2, -0.15) is 0 Å². The second kappa shape index (κ2) is 2.70. The zero-order valence-corrected chi connectivity index (χ0v) is 6.72. The Labute approximate surface area is 58.0 Å². The van der Waals surface area contributed by atoms with Gasteiger partial charge in [-0.1, -0.05) is 6.92 Å². The summed E-state index contributed by atoms with van der Waals surface area (Å²) in [6.07, 6.45) is 4.25. The molecule has 1 nitrogen and oxygen atoms in total. The smallest absolute Gasteiger partial charge is 0.00918 e. The van der Waals surface area contributed by atoms with Crippen molar-refractivity contribution in [2.45, 2.75) is 32.2 Å². The summed E-state index contributed by atoms with van der Waals surface area (Å²) >= 11 is 0. The van der Waals surface area contributed by atoms with E-state index in [0.717, 1.165) is 12.0 Å². The average molecular weight is 127 g/mol. The molecule has 0 bridgehead atoms. The van der Waals surface area contributed by atoms with Gasteiger partial charge in [-0.05, 0) is 39.3 Å². The van der Waals surface area contributed by atoms with E-state index in [-0.39, 0.29) is 0 Å². The highest BCUT2D eigenvalue weighted by Crippen LogP contribution is 2.26. The zero-order valence-electron chi connectivity index (χ0n) is 6.72. The second-order valence-electron chi connectivity index (χ2n) is 3.54. The molecule has 0 radical (unpaired) electrons. The predicted octanol–water partition coefficient (Wildman–Crippen LogP) is 1.74. The first-order valence-electron chi connectivity index (χ1n) is 3.86. The van der Waals surface area contributed by atoms with E-state index in [0.29, 0.717) is 0 Å². The van der Waals surface area contributed by atoms with Gasteiger partial charge in [-0.3, -0.25) is 0 Å². The van der Waals surface area contributed by atoms with Crippen LogP contribution in [0.2, 0.25) is 0 Å². The van der Waals surface area contributed by atoms with Crippen LogP contribution in [0.3, 0.4) is 0 Å². The highest BCUT2D eigenvalue weighted by Gasteiger charge is 2.21. The van der Waals surface area contributed by atoms with Crippen LogP contribution in [-0.2, 0) is 0 Å². The Morgan fingerprint density at radius 2 is 1.89 bits per heavy atom. The molecule has 0 heterocycles. The van der Waals surface area contributed by atoms with Crippen LogP contribution in [0, 0.1) is 5.92 Å². The van der Waals surface area contributed by atoms with Crippen LogP contribution in [-0.4, -0.2) is 25.0 Å². The molecule has 0 aromatic heterocycles. The van der Waals surface area contributed by atoms with E-state index >= 15 is 0 Å². The lowest BCUT2D eigenvalue weighted by molar-refractivity contribution is 0.293. The maximum atomic E-state index is 2.35. The minimum Gasteiger partial charge on any atom is -0.306 e. The van der Waals surface area contributed by atoms with Crippen molar-refractivity contribution in [3.63, 3.8) is 0 Å². The molecule has 0 N–H and O–H groups in total. The largest absolute Gasteiger partial charge is 0.306 e. The SMILES string of the molecule is C[C@H]1CC[C@H](N(C)C)C1. The fraction of sp³-hybridized carbons (Fsp3) is 1.00. The van der Waals surface area contributed by atoms with Crippen LogP contribution in [0.25, 0.3) is 0 Å². The molecule has 1 aliphatic carbocycles. The van der Waals surface area contributed by atoms with Crippen LogP contribution in [0.4, 0.5) is 0 Å². The van der Waals surface area contributed by atoms with Crippen molar-refractivity contribution < 1.29 is 0 Å². The van der Waals surface area contributed by atoms with Crippen molar-refractivity contribution in [1.29, 1.82) is 0 Å². The van der Waals surface area contributed by atoms with Crippen molar-refractivity contribution in [3.05, 3.63) is 0 Å². The summed E-state index contributed by atoms with van der Waals surface area (Å²) < 4.78 is 0. The summed E-state index contributed by atoms with van der Waals surface area (Å²) in [5.41, 5.74) is 0. The molecule has 1 aliphatic rings. The van der Waals surface area contributed by atoms with Crippen molar-refractivity contribution in [2.75, 3.05) is 14.1 Å². The molecule has 1 rings (SSSR count). The van der Waals surface area contributed by atoms with Crippen LogP contribution >= 0.6 is 0 Å². The average Bonchev–Trinajstić information content (AvgIpc) is 2.14. The minimum absolute atomic E-state index is 0.875. The van der Waals surface area contributed by atoms with Crippen molar-refractivity contribution in [2.24, 2.45) is 5.92 Å². The molecule has 1 fully saturated rings. The van der Waals surface area contributed by atoms with Gasteiger partial charge in [0.25, 0.3) is 0 Å². The number of rotatable bonds is 1. The molecule has 0 aliphatic heterocycles. The predicted molar refractivity (Wildman–Crippen MR) is 40.5 cm³/mol. The molecule has 54 valence electrons. The third-order valence-electron chi connectivity index (χ3n) is 2.40. The molecule has 0 aromatic carbocycles. The van der Waals surface area contributed by atoms with E-state index in [1.807, 2.05) is 0 Å². The van der Waals surface area contributed by atoms with E-state index in [1.54, 1.807) is 0 Å². The highest BCUT2D eigenvalue weighted by atomic mass is 15.1. The fourth-order valence-electron chi connectivity index (χ4n) is 1.65. The third kappa shape index (κ3) is 1.68. The summed E-state index contributed by atoms with van der Waals surface area (Å²) in [4.78, 5) is 2.35. The van der Waals surface area contributed by atoms with Crippen LogP contribution in [0.5, 0.6) is 0 Å². The molecule has 2 atom stereocenters. The summed E-state index contributed by atoms with van der Waals surface area (Å²) in [5.74, 6) is 0.970. The summed E-state index contributed by atoms with van der Waals surface area (Å²) in [6, 6.07) is 0.875. The van der Waals surface area contributed by atoms with Gasteiger partial charge >= 0.3 is 0 Å². The van der Waals surface area contributed by atoms with Gasteiger partial charge in [0.2, 0.25) is 0 Å². The summed E-state index contributed by atoms with van der Waals surface area (Å²) in [6.45, 7) is 2.35. The van der Waals surface area contributed by atoms with E-state index in [2.05, 4.69) is 25.9 Å². The molecule has 0 aromatic rings. The van der Waals surface area contributed by atoms with E-state index in [4.69, 9.17) is 0 Å². The van der Waals surface area contributed by atoms with Gasteiger partial charge in [0.05, 0.1) is 0 Å².